The number of aryl methyl sites for hydroxylation is 1. The highest BCUT2D eigenvalue weighted by Gasteiger charge is 2.42. The number of fused-ring (bicyclic) bond motifs is 1. The van der Waals surface area contributed by atoms with Crippen LogP contribution in [0, 0.1) is 6.92 Å². The van der Waals surface area contributed by atoms with E-state index in [4.69, 9.17) is 4.42 Å². The Morgan fingerprint density at radius 3 is 2.56 bits per heavy atom. The number of benzene rings is 1. The van der Waals surface area contributed by atoms with Gasteiger partial charge in [-0.1, -0.05) is 13.8 Å². The molecule has 2 aliphatic rings. The van der Waals surface area contributed by atoms with E-state index in [-0.39, 0.29) is 35.9 Å². The lowest BCUT2D eigenvalue weighted by atomic mass is 9.95. The van der Waals surface area contributed by atoms with Crippen LogP contribution in [-0.4, -0.2) is 42.8 Å². The van der Waals surface area contributed by atoms with Crippen LogP contribution in [0.15, 0.2) is 22.8 Å². The molecule has 1 atom stereocenters. The number of amides is 1. The topological polar surface area (TPSA) is 67.6 Å². The van der Waals surface area contributed by atoms with Gasteiger partial charge in [-0.25, -0.2) is 8.42 Å². The summed E-state index contributed by atoms with van der Waals surface area (Å²) in [5, 5.41) is 0.993. The summed E-state index contributed by atoms with van der Waals surface area (Å²) in [6.45, 7) is 6.40. The molecule has 2 heterocycles. The van der Waals surface area contributed by atoms with Gasteiger partial charge >= 0.3 is 0 Å². The first-order chi connectivity index (χ1) is 12.7. The van der Waals surface area contributed by atoms with Gasteiger partial charge in [0.05, 0.1) is 24.2 Å². The van der Waals surface area contributed by atoms with Crippen molar-refractivity contribution < 1.29 is 17.6 Å². The lowest BCUT2D eigenvalue weighted by molar-refractivity contribution is -0.133. The minimum atomic E-state index is -3.01. The molecule has 1 unspecified atom stereocenters. The maximum Gasteiger partial charge on any atom is 0.227 e. The molecule has 0 bridgehead atoms. The average Bonchev–Trinajstić information content (AvgIpc) is 3.24. The van der Waals surface area contributed by atoms with Gasteiger partial charge in [0.2, 0.25) is 5.91 Å². The van der Waals surface area contributed by atoms with E-state index in [9.17, 15) is 13.2 Å². The zero-order chi connectivity index (χ0) is 19.3. The number of sulfone groups is 1. The number of nitrogens with zero attached hydrogens (tertiary/aromatic N) is 1. The summed E-state index contributed by atoms with van der Waals surface area (Å²) in [5.74, 6) is 0.728. The SMILES string of the molecule is Cc1cc2occ(CC(=O)N(C3CC3)C3CCS(=O)(=O)C3)c2cc1C(C)C. The van der Waals surface area contributed by atoms with Gasteiger partial charge in [-0.3, -0.25) is 4.79 Å². The quantitative estimate of drug-likeness (QED) is 0.784. The van der Waals surface area contributed by atoms with E-state index in [1.54, 1.807) is 6.26 Å². The van der Waals surface area contributed by atoms with Crippen LogP contribution in [0.2, 0.25) is 0 Å². The molecule has 6 heteroatoms. The maximum atomic E-state index is 13.1. The van der Waals surface area contributed by atoms with E-state index in [0.717, 1.165) is 29.4 Å². The standard InChI is InChI=1S/C21H27NO4S/c1-13(2)18-10-19-15(11-26-20(19)8-14(18)3)9-21(23)22(16-4-5-16)17-6-7-27(24,25)12-17/h8,10-11,13,16-17H,4-7,9,12H2,1-3H3. The van der Waals surface area contributed by atoms with E-state index >= 15 is 0 Å². The van der Waals surface area contributed by atoms with Gasteiger partial charge in [-0.05, 0) is 55.4 Å². The molecule has 2 aromatic rings. The normalized spacial score (nSPS) is 21.9. The third-order valence-electron chi connectivity index (χ3n) is 5.84. The van der Waals surface area contributed by atoms with Gasteiger partial charge in [0.15, 0.2) is 9.84 Å². The fourth-order valence-corrected chi connectivity index (χ4v) is 6.02. The molecule has 1 amide bonds. The van der Waals surface area contributed by atoms with E-state index in [0.29, 0.717) is 12.3 Å². The van der Waals surface area contributed by atoms with Crippen molar-refractivity contribution in [2.75, 3.05) is 11.5 Å². The fourth-order valence-electron chi connectivity index (χ4n) is 4.31. The average molecular weight is 390 g/mol. The Kier molecular flexibility index (Phi) is 4.57. The first-order valence-electron chi connectivity index (χ1n) is 9.77. The third kappa shape index (κ3) is 3.64. The highest BCUT2D eigenvalue weighted by molar-refractivity contribution is 7.91. The third-order valence-corrected chi connectivity index (χ3v) is 7.59. The summed E-state index contributed by atoms with van der Waals surface area (Å²) < 4.78 is 29.5. The summed E-state index contributed by atoms with van der Waals surface area (Å²) in [6.07, 6.45) is 4.47. The van der Waals surface area contributed by atoms with Crippen molar-refractivity contribution in [1.29, 1.82) is 0 Å². The zero-order valence-corrected chi connectivity index (χ0v) is 17.0. The molecule has 4 rings (SSSR count). The summed E-state index contributed by atoms with van der Waals surface area (Å²) in [4.78, 5) is 15.0. The minimum absolute atomic E-state index is 0.0222. The molecule has 5 nitrogen and oxygen atoms in total. The molecular weight excluding hydrogens is 362 g/mol. The van der Waals surface area contributed by atoms with Crippen molar-refractivity contribution in [1.82, 2.24) is 4.90 Å². The summed E-state index contributed by atoms with van der Waals surface area (Å²) in [7, 11) is -3.01. The first kappa shape index (κ1) is 18.5. The lowest BCUT2D eigenvalue weighted by Gasteiger charge is -2.28. The second kappa shape index (κ2) is 6.66. The van der Waals surface area contributed by atoms with Gasteiger partial charge in [0, 0.05) is 23.0 Å². The van der Waals surface area contributed by atoms with Gasteiger partial charge in [0.25, 0.3) is 0 Å². The Bertz CT molecular complexity index is 985. The molecular formula is C21H27NO4S. The Morgan fingerprint density at radius 2 is 1.96 bits per heavy atom. The molecule has 2 fully saturated rings. The highest BCUT2D eigenvalue weighted by atomic mass is 32.2. The molecule has 1 aliphatic carbocycles. The van der Waals surface area contributed by atoms with E-state index in [1.807, 2.05) is 11.0 Å². The van der Waals surface area contributed by atoms with Crippen LogP contribution < -0.4 is 0 Å². The molecule has 146 valence electrons. The van der Waals surface area contributed by atoms with Crippen LogP contribution in [0.3, 0.4) is 0 Å². The number of carbonyl (C=O) groups is 1. The van der Waals surface area contributed by atoms with Gasteiger partial charge < -0.3 is 9.32 Å². The van der Waals surface area contributed by atoms with Crippen molar-refractivity contribution in [2.24, 2.45) is 0 Å². The van der Waals surface area contributed by atoms with Gasteiger partial charge in [0.1, 0.15) is 5.58 Å². The number of rotatable bonds is 5. The maximum absolute atomic E-state index is 13.1. The monoisotopic (exact) mass is 389 g/mol. The van der Waals surface area contributed by atoms with Crippen LogP contribution in [0.5, 0.6) is 0 Å². The number of furan rings is 1. The summed E-state index contributed by atoms with van der Waals surface area (Å²) >= 11 is 0. The zero-order valence-electron chi connectivity index (χ0n) is 16.2. The van der Waals surface area contributed by atoms with Crippen molar-refractivity contribution >= 4 is 26.7 Å². The molecule has 0 spiro atoms. The van der Waals surface area contributed by atoms with Crippen molar-refractivity contribution in [3.8, 4) is 0 Å². The Balaban J connectivity index is 1.61. The molecule has 1 saturated heterocycles. The fraction of sp³-hybridized carbons (Fsp3) is 0.571. The predicted octanol–water partition coefficient (Wildman–Crippen LogP) is 3.59. The number of hydrogen-bond acceptors (Lipinski definition) is 4. The summed E-state index contributed by atoms with van der Waals surface area (Å²) in [6, 6.07) is 4.23. The van der Waals surface area contributed by atoms with Crippen LogP contribution >= 0.6 is 0 Å². The molecule has 27 heavy (non-hydrogen) atoms. The Labute approximate surface area is 160 Å². The van der Waals surface area contributed by atoms with Crippen molar-refractivity contribution in [3.63, 3.8) is 0 Å². The molecule has 0 N–H and O–H groups in total. The molecule has 1 aromatic carbocycles. The smallest absolute Gasteiger partial charge is 0.227 e. The van der Waals surface area contributed by atoms with Crippen LogP contribution in [-0.2, 0) is 21.1 Å². The second-order valence-corrected chi connectivity index (χ2v) is 10.6. The first-order valence-corrected chi connectivity index (χ1v) is 11.6. The molecule has 1 aromatic heterocycles. The van der Waals surface area contributed by atoms with E-state index in [2.05, 4.69) is 26.8 Å². The lowest BCUT2D eigenvalue weighted by Crippen LogP contribution is -2.43. The highest BCUT2D eigenvalue weighted by Crippen LogP contribution is 2.34. The Morgan fingerprint density at radius 1 is 1.22 bits per heavy atom. The van der Waals surface area contributed by atoms with Gasteiger partial charge in [-0.2, -0.15) is 0 Å². The summed E-state index contributed by atoms with van der Waals surface area (Å²) in [5.41, 5.74) is 4.16. The predicted molar refractivity (Wildman–Crippen MR) is 106 cm³/mol. The van der Waals surface area contributed by atoms with E-state index < -0.39 is 9.84 Å². The largest absolute Gasteiger partial charge is 0.464 e. The molecule has 1 aliphatic heterocycles. The minimum Gasteiger partial charge on any atom is -0.464 e. The van der Waals surface area contributed by atoms with Crippen LogP contribution in [0.4, 0.5) is 0 Å². The molecule has 1 saturated carbocycles. The molecule has 0 radical (unpaired) electrons. The van der Waals surface area contributed by atoms with Crippen molar-refractivity contribution in [3.05, 3.63) is 35.1 Å². The Hall–Kier alpha value is -1.82. The van der Waals surface area contributed by atoms with Crippen LogP contribution in [0.25, 0.3) is 11.0 Å². The van der Waals surface area contributed by atoms with Crippen molar-refractivity contribution in [2.45, 2.75) is 64.5 Å². The van der Waals surface area contributed by atoms with Gasteiger partial charge in [-0.15, -0.1) is 0 Å². The van der Waals surface area contributed by atoms with E-state index in [1.165, 1.54) is 11.1 Å². The second-order valence-electron chi connectivity index (χ2n) is 8.39. The number of carbonyl (C=O) groups excluding carboxylic acids is 1. The van der Waals surface area contributed by atoms with Crippen LogP contribution in [0.1, 0.15) is 55.7 Å². The number of hydrogen-bond donors (Lipinski definition) is 0.